The van der Waals surface area contributed by atoms with E-state index < -0.39 is 0 Å². The number of nitrogens with one attached hydrogen (secondary N) is 1. The summed E-state index contributed by atoms with van der Waals surface area (Å²) < 4.78 is 0. The summed E-state index contributed by atoms with van der Waals surface area (Å²) in [5.41, 5.74) is 5.52. The second-order valence-corrected chi connectivity index (χ2v) is 3.61. The maximum atomic E-state index is 10.7. The summed E-state index contributed by atoms with van der Waals surface area (Å²) in [4.78, 5) is 12.5. The Balaban J connectivity index is 2.00. The third kappa shape index (κ3) is 0.701. The number of hydrogen-bond donors (Lipinski definition) is 2. The van der Waals surface area contributed by atoms with Crippen LogP contribution in [0.2, 0.25) is 0 Å². The molecule has 2 saturated heterocycles. The number of likely N-dealkylation sites (tertiary alicyclic amines) is 1. The average Bonchev–Trinajstić information content (AvgIpc) is 1.80. The Bertz CT molecular complexity index is 200. The lowest BCUT2D eigenvalue weighted by Crippen LogP contribution is -2.77. The zero-order valence-electron chi connectivity index (χ0n) is 6.63. The number of carbonyl (C=O) groups is 1. The lowest BCUT2D eigenvalue weighted by molar-refractivity contribution is -0.0657. The molecule has 2 amide bonds. The van der Waals surface area contributed by atoms with Gasteiger partial charge in [0.05, 0.1) is 0 Å². The number of primary amides is 1. The van der Waals surface area contributed by atoms with Crippen LogP contribution in [0, 0.1) is 5.41 Å². The molecule has 4 heteroatoms. The maximum absolute atomic E-state index is 10.7. The Morgan fingerprint density at radius 3 is 2.64 bits per heavy atom. The zero-order valence-corrected chi connectivity index (χ0v) is 6.63. The molecule has 11 heavy (non-hydrogen) atoms. The largest absolute Gasteiger partial charge is 0.351 e. The molecule has 2 rings (SSSR count). The van der Waals surface area contributed by atoms with E-state index in [4.69, 9.17) is 5.73 Å². The highest BCUT2D eigenvalue weighted by Crippen LogP contribution is 2.40. The SMILES string of the molecule is CC1N(C(N)=O)CC12CNC2. The van der Waals surface area contributed by atoms with Gasteiger partial charge in [-0.15, -0.1) is 0 Å². The number of rotatable bonds is 0. The molecule has 0 aliphatic carbocycles. The molecule has 3 N–H and O–H groups in total. The van der Waals surface area contributed by atoms with Crippen LogP contribution in [-0.4, -0.2) is 36.6 Å². The average molecular weight is 155 g/mol. The van der Waals surface area contributed by atoms with Gasteiger partial charge in [-0.25, -0.2) is 4.79 Å². The van der Waals surface area contributed by atoms with Crippen LogP contribution in [0.4, 0.5) is 4.79 Å². The van der Waals surface area contributed by atoms with Crippen molar-refractivity contribution in [2.24, 2.45) is 11.1 Å². The van der Waals surface area contributed by atoms with E-state index in [1.807, 2.05) is 0 Å². The molecule has 62 valence electrons. The van der Waals surface area contributed by atoms with Crippen LogP contribution in [0.25, 0.3) is 0 Å². The van der Waals surface area contributed by atoms with Gasteiger partial charge < -0.3 is 16.0 Å². The molecule has 0 aromatic carbocycles. The van der Waals surface area contributed by atoms with Crippen LogP contribution in [0.3, 0.4) is 0 Å². The molecule has 0 saturated carbocycles. The van der Waals surface area contributed by atoms with Crippen molar-refractivity contribution in [2.75, 3.05) is 19.6 Å². The van der Waals surface area contributed by atoms with Gasteiger partial charge >= 0.3 is 6.03 Å². The highest BCUT2D eigenvalue weighted by atomic mass is 16.2. The van der Waals surface area contributed by atoms with Gasteiger partial charge in [0.25, 0.3) is 0 Å². The molecule has 1 spiro atoms. The minimum Gasteiger partial charge on any atom is -0.351 e. The number of hydrogen-bond acceptors (Lipinski definition) is 2. The van der Waals surface area contributed by atoms with Gasteiger partial charge in [0, 0.05) is 31.1 Å². The van der Waals surface area contributed by atoms with Gasteiger partial charge in [-0.2, -0.15) is 0 Å². The fourth-order valence-electron chi connectivity index (χ4n) is 1.95. The number of amides is 2. The molecule has 2 aliphatic rings. The van der Waals surface area contributed by atoms with Crippen LogP contribution >= 0.6 is 0 Å². The Kier molecular flexibility index (Phi) is 1.18. The summed E-state index contributed by atoms with van der Waals surface area (Å²) >= 11 is 0. The number of nitrogens with zero attached hydrogens (tertiary/aromatic N) is 1. The molecule has 0 bridgehead atoms. The van der Waals surface area contributed by atoms with E-state index in [1.54, 1.807) is 4.90 Å². The van der Waals surface area contributed by atoms with Crippen molar-refractivity contribution < 1.29 is 4.79 Å². The molecule has 0 radical (unpaired) electrons. The van der Waals surface area contributed by atoms with E-state index in [0.29, 0.717) is 11.5 Å². The van der Waals surface area contributed by atoms with Gasteiger partial charge in [-0.1, -0.05) is 0 Å². The van der Waals surface area contributed by atoms with Gasteiger partial charge in [-0.05, 0) is 6.92 Å². The first kappa shape index (κ1) is 6.91. The quantitative estimate of drug-likeness (QED) is 0.489. The molecular formula is C7H13N3O. The van der Waals surface area contributed by atoms with Gasteiger partial charge in [0.1, 0.15) is 0 Å². The Labute approximate surface area is 65.7 Å². The van der Waals surface area contributed by atoms with Crippen LogP contribution < -0.4 is 11.1 Å². The predicted octanol–water partition coefficient (Wildman–Crippen LogP) is -0.641. The molecule has 2 heterocycles. The van der Waals surface area contributed by atoms with E-state index in [1.165, 1.54) is 0 Å². The molecule has 1 unspecified atom stereocenters. The standard InChI is InChI=1S/C7H13N3O/c1-5-7(2-9-3-7)4-10(5)6(8)11/h5,9H,2-4H2,1H3,(H2,8,11). The van der Waals surface area contributed by atoms with E-state index >= 15 is 0 Å². The minimum absolute atomic E-state index is 0.282. The number of carbonyl (C=O) groups excluding carboxylic acids is 1. The predicted molar refractivity (Wildman–Crippen MR) is 41.1 cm³/mol. The third-order valence-electron chi connectivity index (χ3n) is 3.08. The number of urea groups is 1. The molecule has 0 aromatic heterocycles. The smallest absolute Gasteiger partial charge is 0.315 e. The molecule has 2 fully saturated rings. The van der Waals surface area contributed by atoms with Gasteiger partial charge in [0.15, 0.2) is 0 Å². The maximum Gasteiger partial charge on any atom is 0.315 e. The van der Waals surface area contributed by atoms with Crippen molar-refractivity contribution in [1.29, 1.82) is 0 Å². The summed E-state index contributed by atoms with van der Waals surface area (Å²) in [7, 11) is 0. The summed E-state index contributed by atoms with van der Waals surface area (Å²) in [6.07, 6.45) is 0. The summed E-state index contributed by atoms with van der Waals surface area (Å²) in [6, 6.07) is 0.0521. The first-order valence-corrected chi connectivity index (χ1v) is 3.92. The second-order valence-electron chi connectivity index (χ2n) is 3.61. The van der Waals surface area contributed by atoms with Gasteiger partial charge in [-0.3, -0.25) is 0 Å². The highest BCUT2D eigenvalue weighted by molar-refractivity contribution is 5.74. The molecule has 0 aromatic rings. The number of nitrogens with two attached hydrogens (primary N) is 1. The normalized spacial score (nSPS) is 32.8. The molecule has 1 atom stereocenters. The topological polar surface area (TPSA) is 58.4 Å². The summed E-state index contributed by atoms with van der Waals surface area (Å²) in [6.45, 7) is 4.99. The Hall–Kier alpha value is -0.770. The first-order chi connectivity index (χ1) is 5.16. The molecular weight excluding hydrogens is 142 g/mol. The lowest BCUT2D eigenvalue weighted by atomic mass is 9.68. The van der Waals surface area contributed by atoms with Crippen LogP contribution in [0.15, 0.2) is 0 Å². The van der Waals surface area contributed by atoms with E-state index in [2.05, 4.69) is 12.2 Å². The minimum atomic E-state index is -0.282. The van der Waals surface area contributed by atoms with Crippen molar-refractivity contribution in [3.8, 4) is 0 Å². The second kappa shape index (κ2) is 1.88. The lowest BCUT2D eigenvalue weighted by Gasteiger charge is -2.60. The van der Waals surface area contributed by atoms with Crippen molar-refractivity contribution in [3.63, 3.8) is 0 Å². The monoisotopic (exact) mass is 155 g/mol. The Morgan fingerprint density at radius 2 is 2.36 bits per heavy atom. The molecule has 4 nitrogen and oxygen atoms in total. The van der Waals surface area contributed by atoms with Crippen molar-refractivity contribution >= 4 is 6.03 Å². The first-order valence-electron chi connectivity index (χ1n) is 3.92. The van der Waals surface area contributed by atoms with E-state index in [9.17, 15) is 4.79 Å². The van der Waals surface area contributed by atoms with E-state index in [0.717, 1.165) is 19.6 Å². The van der Waals surface area contributed by atoms with Crippen molar-refractivity contribution in [2.45, 2.75) is 13.0 Å². The third-order valence-corrected chi connectivity index (χ3v) is 3.08. The van der Waals surface area contributed by atoms with Crippen LogP contribution in [-0.2, 0) is 0 Å². The molecule has 2 aliphatic heterocycles. The fourth-order valence-corrected chi connectivity index (χ4v) is 1.95. The van der Waals surface area contributed by atoms with E-state index in [-0.39, 0.29) is 6.03 Å². The summed E-state index contributed by atoms with van der Waals surface area (Å²) in [5.74, 6) is 0. The zero-order chi connectivity index (χ0) is 8.06. The summed E-state index contributed by atoms with van der Waals surface area (Å²) in [5, 5.41) is 3.22. The van der Waals surface area contributed by atoms with Crippen LogP contribution in [0.5, 0.6) is 0 Å². The Morgan fingerprint density at radius 1 is 1.73 bits per heavy atom. The van der Waals surface area contributed by atoms with Gasteiger partial charge in [0.2, 0.25) is 0 Å². The van der Waals surface area contributed by atoms with Crippen molar-refractivity contribution in [1.82, 2.24) is 10.2 Å². The van der Waals surface area contributed by atoms with Crippen LogP contribution in [0.1, 0.15) is 6.92 Å². The fraction of sp³-hybridized carbons (Fsp3) is 0.857. The highest BCUT2D eigenvalue weighted by Gasteiger charge is 2.54. The van der Waals surface area contributed by atoms with Crippen molar-refractivity contribution in [3.05, 3.63) is 0 Å².